The van der Waals surface area contributed by atoms with E-state index in [9.17, 15) is 4.39 Å². The SMILES string of the molecule is CCNC(Cc1cc(Br)ccc1F)c1ccc(C)c(Br)c1. The first-order valence-corrected chi connectivity index (χ1v) is 8.53. The van der Waals surface area contributed by atoms with Crippen molar-refractivity contribution in [2.45, 2.75) is 26.3 Å². The van der Waals surface area contributed by atoms with Crippen molar-refractivity contribution in [3.63, 3.8) is 0 Å². The highest BCUT2D eigenvalue weighted by Crippen LogP contribution is 2.26. The fourth-order valence-electron chi connectivity index (χ4n) is 2.30. The maximum atomic E-state index is 14.0. The van der Waals surface area contributed by atoms with Gasteiger partial charge in [0.2, 0.25) is 0 Å². The minimum atomic E-state index is -0.160. The Balaban J connectivity index is 2.30. The van der Waals surface area contributed by atoms with Crippen LogP contribution in [-0.4, -0.2) is 6.54 Å². The number of hydrogen-bond donors (Lipinski definition) is 1. The second kappa shape index (κ2) is 7.52. The third-order valence-electron chi connectivity index (χ3n) is 3.48. The zero-order valence-electron chi connectivity index (χ0n) is 12.1. The predicted octanol–water partition coefficient (Wildman–Crippen LogP) is 5.55. The Kier molecular flexibility index (Phi) is 5.97. The molecule has 0 aliphatic carbocycles. The third kappa shape index (κ3) is 4.38. The van der Waals surface area contributed by atoms with Crippen LogP contribution in [0.25, 0.3) is 0 Å². The van der Waals surface area contributed by atoms with Gasteiger partial charge in [-0.25, -0.2) is 4.39 Å². The topological polar surface area (TPSA) is 12.0 Å². The largest absolute Gasteiger partial charge is 0.310 e. The van der Waals surface area contributed by atoms with E-state index in [0.717, 1.165) is 21.1 Å². The third-order valence-corrected chi connectivity index (χ3v) is 4.83. The van der Waals surface area contributed by atoms with E-state index in [1.165, 1.54) is 11.6 Å². The van der Waals surface area contributed by atoms with Crippen LogP contribution in [0, 0.1) is 12.7 Å². The second-order valence-electron chi connectivity index (χ2n) is 5.06. The molecule has 0 aliphatic rings. The van der Waals surface area contributed by atoms with E-state index in [-0.39, 0.29) is 11.9 Å². The molecule has 0 spiro atoms. The van der Waals surface area contributed by atoms with Crippen LogP contribution in [0.2, 0.25) is 0 Å². The number of likely N-dealkylation sites (N-methyl/N-ethyl adjacent to an activating group) is 1. The molecule has 21 heavy (non-hydrogen) atoms. The van der Waals surface area contributed by atoms with E-state index in [0.29, 0.717) is 12.0 Å². The molecule has 0 fully saturated rings. The Hall–Kier alpha value is -0.710. The zero-order valence-corrected chi connectivity index (χ0v) is 15.3. The van der Waals surface area contributed by atoms with Crippen LogP contribution in [0.5, 0.6) is 0 Å². The van der Waals surface area contributed by atoms with Crippen molar-refractivity contribution in [3.8, 4) is 0 Å². The van der Waals surface area contributed by atoms with Gasteiger partial charge in [-0.15, -0.1) is 0 Å². The molecular formula is C17H18Br2FN. The van der Waals surface area contributed by atoms with Crippen molar-refractivity contribution in [1.82, 2.24) is 5.32 Å². The Morgan fingerprint density at radius 3 is 2.57 bits per heavy atom. The number of halogens is 3. The van der Waals surface area contributed by atoms with Gasteiger partial charge in [0.25, 0.3) is 0 Å². The van der Waals surface area contributed by atoms with Gasteiger partial charge in [-0.2, -0.15) is 0 Å². The van der Waals surface area contributed by atoms with Gasteiger partial charge in [0.1, 0.15) is 5.82 Å². The van der Waals surface area contributed by atoms with Crippen molar-refractivity contribution < 1.29 is 4.39 Å². The van der Waals surface area contributed by atoms with Crippen LogP contribution in [0.3, 0.4) is 0 Å². The number of hydrogen-bond acceptors (Lipinski definition) is 1. The molecule has 1 unspecified atom stereocenters. The summed E-state index contributed by atoms with van der Waals surface area (Å²) in [5, 5.41) is 3.44. The van der Waals surface area contributed by atoms with E-state index >= 15 is 0 Å². The number of benzene rings is 2. The summed E-state index contributed by atoms with van der Waals surface area (Å²) in [4.78, 5) is 0. The van der Waals surface area contributed by atoms with Gasteiger partial charge in [-0.3, -0.25) is 0 Å². The zero-order chi connectivity index (χ0) is 15.4. The van der Waals surface area contributed by atoms with Gasteiger partial charge < -0.3 is 5.32 Å². The van der Waals surface area contributed by atoms with Crippen LogP contribution in [0.4, 0.5) is 4.39 Å². The molecule has 0 amide bonds. The summed E-state index contributed by atoms with van der Waals surface area (Å²) in [5.74, 6) is -0.160. The summed E-state index contributed by atoms with van der Waals surface area (Å²) in [7, 11) is 0. The van der Waals surface area contributed by atoms with E-state index in [2.05, 4.69) is 69.2 Å². The van der Waals surface area contributed by atoms with Crippen LogP contribution in [-0.2, 0) is 6.42 Å². The molecule has 0 aromatic heterocycles. The van der Waals surface area contributed by atoms with E-state index in [1.54, 1.807) is 6.07 Å². The molecule has 4 heteroatoms. The smallest absolute Gasteiger partial charge is 0.126 e. The predicted molar refractivity (Wildman–Crippen MR) is 93.1 cm³/mol. The lowest BCUT2D eigenvalue weighted by molar-refractivity contribution is 0.527. The molecule has 2 aromatic carbocycles. The second-order valence-corrected chi connectivity index (χ2v) is 6.83. The molecule has 112 valence electrons. The molecule has 0 aliphatic heterocycles. The van der Waals surface area contributed by atoms with E-state index in [4.69, 9.17) is 0 Å². The Morgan fingerprint density at radius 2 is 1.90 bits per heavy atom. The number of nitrogens with one attached hydrogen (secondary N) is 1. The lowest BCUT2D eigenvalue weighted by Crippen LogP contribution is -2.23. The summed E-state index contributed by atoms with van der Waals surface area (Å²) < 4.78 is 16.0. The van der Waals surface area contributed by atoms with Gasteiger partial charge in [-0.1, -0.05) is 50.9 Å². The number of rotatable bonds is 5. The minimum absolute atomic E-state index is 0.0932. The number of aryl methyl sites for hydroxylation is 1. The summed E-state index contributed by atoms with van der Waals surface area (Å²) in [6.07, 6.45) is 0.620. The summed E-state index contributed by atoms with van der Waals surface area (Å²) in [6, 6.07) is 11.5. The quantitative estimate of drug-likeness (QED) is 0.675. The summed E-state index contributed by atoms with van der Waals surface area (Å²) >= 11 is 6.98. The maximum Gasteiger partial charge on any atom is 0.126 e. The minimum Gasteiger partial charge on any atom is -0.310 e. The Labute approximate surface area is 142 Å². The van der Waals surface area contributed by atoms with Crippen LogP contribution >= 0.6 is 31.9 Å². The van der Waals surface area contributed by atoms with Gasteiger partial charge >= 0.3 is 0 Å². The average Bonchev–Trinajstić information content (AvgIpc) is 2.45. The molecule has 1 nitrogen and oxygen atoms in total. The average molecular weight is 415 g/mol. The van der Waals surface area contributed by atoms with Crippen molar-refractivity contribution in [2.75, 3.05) is 6.54 Å². The first-order chi connectivity index (χ1) is 10.0. The van der Waals surface area contributed by atoms with Crippen molar-refractivity contribution >= 4 is 31.9 Å². The highest BCUT2D eigenvalue weighted by atomic mass is 79.9. The molecule has 0 radical (unpaired) electrons. The maximum absolute atomic E-state index is 14.0. The fraction of sp³-hybridized carbons (Fsp3) is 0.294. The van der Waals surface area contributed by atoms with Crippen LogP contribution < -0.4 is 5.32 Å². The van der Waals surface area contributed by atoms with Crippen molar-refractivity contribution in [2.24, 2.45) is 0 Å². The first-order valence-electron chi connectivity index (χ1n) is 6.94. The normalized spacial score (nSPS) is 12.4. The molecule has 2 aromatic rings. The highest BCUT2D eigenvalue weighted by molar-refractivity contribution is 9.10. The van der Waals surface area contributed by atoms with Crippen molar-refractivity contribution in [1.29, 1.82) is 0 Å². The van der Waals surface area contributed by atoms with Gasteiger partial charge in [0, 0.05) is 15.0 Å². The van der Waals surface area contributed by atoms with Crippen LogP contribution in [0.1, 0.15) is 29.7 Å². The van der Waals surface area contributed by atoms with Gasteiger partial charge in [0.15, 0.2) is 0 Å². The molecule has 0 bridgehead atoms. The molecule has 2 rings (SSSR count). The molecule has 0 saturated heterocycles. The fourth-order valence-corrected chi connectivity index (χ4v) is 3.10. The summed E-state index contributed by atoms with van der Waals surface area (Å²) in [5.41, 5.74) is 3.07. The first kappa shape index (κ1) is 16.7. The molecular weight excluding hydrogens is 397 g/mol. The summed E-state index contributed by atoms with van der Waals surface area (Å²) in [6.45, 7) is 4.96. The molecule has 0 heterocycles. The Bertz CT molecular complexity index is 628. The van der Waals surface area contributed by atoms with E-state index in [1.807, 2.05) is 6.07 Å². The lowest BCUT2D eigenvalue weighted by atomic mass is 9.97. The standard InChI is InChI=1S/C17H18Br2FN/c1-3-21-17(12-5-4-11(2)15(19)9-12)10-13-8-14(18)6-7-16(13)20/h4-9,17,21H,3,10H2,1-2H3. The molecule has 1 N–H and O–H groups in total. The molecule has 1 atom stereocenters. The van der Waals surface area contributed by atoms with Crippen LogP contribution in [0.15, 0.2) is 45.3 Å². The Morgan fingerprint density at radius 1 is 1.14 bits per heavy atom. The lowest BCUT2D eigenvalue weighted by Gasteiger charge is -2.20. The van der Waals surface area contributed by atoms with Gasteiger partial charge in [0.05, 0.1) is 0 Å². The highest BCUT2D eigenvalue weighted by Gasteiger charge is 2.15. The molecule has 0 saturated carbocycles. The van der Waals surface area contributed by atoms with E-state index < -0.39 is 0 Å². The van der Waals surface area contributed by atoms with Crippen molar-refractivity contribution in [3.05, 3.63) is 67.9 Å². The van der Waals surface area contributed by atoms with Gasteiger partial charge in [-0.05, 0) is 60.8 Å². The monoisotopic (exact) mass is 413 g/mol.